The number of likely N-dealkylation sites (tertiary alicyclic amines) is 1. The van der Waals surface area contributed by atoms with Gasteiger partial charge in [-0.3, -0.25) is 9.59 Å². The summed E-state index contributed by atoms with van der Waals surface area (Å²) in [7, 11) is 0. The highest BCUT2D eigenvalue weighted by atomic mass is 19.1. The van der Waals surface area contributed by atoms with Crippen LogP contribution in [0.2, 0.25) is 0 Å². The van der Waals surface area contributed by atoms with E-state index in [-0.39, 0.29) is 17.9 Å². The van der Waals surface area contributed by atoms with Crippen LogP contribution < -0.4 is 5.32 Å². The van der Waals surface area contributed by atoms with E-state index >= 15 is 0 Å². The summed E-state index contributed by atoms with van der Waals surface area (Å²) in [6, 6.07) is 0.318. The zero-order valence-corrected chi connectivity index (χ0v) is 12.7. The molecule has 2 saturated heterocycles. The second-order valence-corrected chi connectivity index (χ2v) is 7.30. The number of hydrogen-bond acceptors (Lipinski definition) is 3. The van der Waals surface area contributed by atoms with Crippen molar-refractivity contribution < 1.29 is 18.7 Å². The van der Waals surface area contributed by atoms with E-state index in [1.807, 2.05) is 0 Å². The Morgan fingerprint density at radius 2 is 2.00 bits per heavy atom. The second kappa shape index (κ2) is 5.18. The van der Waals surface area contributed by atoms with Gasteiger partial charge in [0.15, 0.2) is 5.67 Å². The molecule has 122 valence electrons. The van der Waals surface area contributed by atoms with Gasteiger partial charge in [0, 0.05) is 19.1 Å². The minimum Gasteiger partial charge on any atom is -0.363 e. The summed E-state index contributed by atoms with van der Waals surface area (Å²) in [6.07, 6.45) is 5.03. The number of carbonyl (C=O) groups is 2. The summed E-state index contributed by atoms with van der Waals surface area (Å²) in [4.78, 5) is 25.9. The highest BCUT2D eigenvalue weighted by Crippen LogP contribution is 2.43. The van der Waals surface area contributed by atoms with Crippen LogP contribution in [0.5, 0.6) is 0 Å². The molecule has 2 aliphatic carbocycles. The molecule has 22 heavy (non-hydrogen) atoms. The molecule has 0 radical (unpaired) electrons. The lowest BCUT2D eigenvalue weighted by Crippen LogP contribution is -2.49. The molecular formula is C16H23FN2O3. The number of alkyl halides is 1. The molecule has 3 atom stereocenters. The lowest BCUT2D eigenvalue weighted by atomic mass is 9.90. The number of amides is 2. The van der Waals surface area contributed by atoms with E-state index in [1.54, 1.807) is 4.90 Å². The van der Waals surface area contributed by atoms with E-state index in [0.717, 1.165) is 25.7 Å². The Morgan fingerprint density at radius 1 is 1.23 bits per heavy atom. The predicted molar refractivity (Wildman–Crippen MR) is 76.8 cm³/mol. The van der Waals surface area contributed by atoms with Crippen LogP contribution in [-0.4, -0.2) is 53.7 Å². The van der Waals surface area contributed by atoms with Gasteiger partial charge in [-0.2, -0.15) is 0 Å². The molecule has 0 aromatic rings. The fourth-order valence-corrected chi connectivity index (χ4v) is 3.74. The molecule has 5 nitrogen and oxygen atoms in total. The van der Waals surface area contributed by atoms with Crippen LogP contribution in [0.25, 0.3) is 0 Å². The van der Waals surface area contributed by atoms with Crippen LogP contribution >= 0.6 is 0 Å². The van der Waals surface area contributed by atoms with Crippen LogP contribution in [0, 0.1) is 5.92 Å². The number of piperidine rings is 1. The minimum atomic E-state index is -1.60. The van der Waals surface area contributed by atoms with Crippen LogP contribution in [0.4, 0.5) is 4.39 Å². The Labute approximate surface area is 129 Å². The first-order valence-electron chi connectivity index (χ1n) is 8.49. The maximum Gasteiger partial charge on any atom is 0.260 e. The van der Waals surface area contributed by atoms with Crippen molar-refractivity contribution in [2.45, 2.75) is 68.9 Å². The summed E-state index contributed by atoms with van der Waals surface area (Å²) in [6.45, 7) is 1.02. The number of carbonyl (C=O) groups excluding carboxylic acids is 2. The lowest BCUT2D eigenvalue weighted by Gasteiger charge is -2.34. The zero-order chi connectivity index (χ0) is 15.3. The third-order valence-electron chi connectivity index (χ3n) is 5.66. The first-order chi connectivity index (χ1) is 10.5. The Balaban J connectivity index is 1.33. The summed E-state index contributed by atoms with van der Waals surface area (Å²) >= 11 is 0. The van der Waals surface area contributed by atoms with E-state index in [0.29, 0.717) is 37.9 Å². The van der Waals surface area contributed by atoms with Crippen LogP contribution in [-0.2, 0) is 14.3 Å². The summed E-state index contributed by atoms with van der Waals surface area (Å²) in [5, 5.41) is 3.03. The van der Waals surface area contributed by atoms with E-state index < -0.39 is 11.8 Å². The van der Waals surface area contributed by atoms with Gasteiger partial charge in [-0.15, -0.1) is 0 Å². The zero-order valence-electron chi connectivity index (χ0n) is 12.7. The molecule has 0 spiro atoms. The quantitative estimate of drug-likeness (QED) is 0.851. The Morgan fingerprint density at radius 3 is 2.64 bits per heavy atom. The molecule has 0 aromatic heterocycles. The standard InChI is InChI=1S/C16H23FN2O3/c17-16(5-6-16)15(21)19-7-4-10-8-12(22-13(10)9-19)14(20)18-11-2-1-3-11/h10-13H,1-9H2,(H,18,20)/t10-,12?,13-/m0/s1. The third kappa shape index (κ3) is 2.51. The van der Waals surface area contributed by atoms with Crippen molar-refractivity contribution >= 4 is 11.8 Å². The Hall–Kier alpha value is -1.17. The molecule has 4 aliphatic rings. The number of nitrogens with one attached hydrogen (secondary N) is 1. The van der Waals surface area contributed by atoms with Crippen molar-refractivity contribution in [1.29, 1.82) is 0 Å². The highest BCUT2D eigenvalue weighted by Gasteiger charge is 2.54. The molecule has 2 amide bonds. The van der Waals surface area contributed by atoms with Crippen molar-refractivity contribution in [1.82, 2.24) is 10.2 Å². The maximum absolute atomic E-state index is 13.9. The Kier molecular flexibility index (Phi) is 3.40. The van der Waals surface area contributed by atoms with Gasteiger partial charge < -0.3 is 15.0 Å². The molecule has 4 fully saturated rings. The van der Waals surface area contributed by atoms with Gasteiger partial charge in [0.1, 0.15) is 6.10 Å². The SMILES string of the molecule is O=C(NC1CCC1)C1C[C@@H]2CCN(C(=O)C3(F)CC3)C[C@@H]2O1. The van der Waals surface area contributed by atoms with Crippen LogP contribution in [0.15, 0.2) is 0 Å². The van der Waals surface area contributed by atoms with Gasteiger partial charge >= 0.3 is 0 Å². The molecule has 1 N–H and O–H groups in total. The van der Waals surface area contributed by atoms with Crippen molar-refractivity contribution in [2.75, 3.05) is 13.1 Å². The number of fused-ring (bicyclic) bond motifs is 1. The van der Waals surface area contributed by atoms with Crippen LogP contribution in [0.3, 0.4) is 0 Å². The van der Waals surface area contributed by atoms with Crippen molar-refractivity contribution in [2.24, 2.45) is 5.92 Å². The molecular weight excluding hydrogens is 287 g/mol. The molecule has 4 rings (SSSR count). The first-order valence-corrected chi connectivity index (χ1v) is 8.49. The highest BCUT2D eigenvalue weighted by molar-refractivity contribution is 5.88. The maximum atomic E-state index is 13.9. The fourth-order valence-electron chi connectivity index (χ4n) is 3.74. The number of rotatable bonds is 3. The predicted octanol–water partition coefficient (Wildman–Crippen LogP) is 1.16. The molecule has 2 heterocycles. The number of ether oxygens (including phenoxy) is 1. The molecule has 6 heteroatoms. The molecule has 0 aromatic carbocycles. The number of halogens is 1. The van der Waals surface area contributed by atoms with E-state index in [4.69, 9.17) is 4.74 Å². The van der Waals surface area contributed by atoms with Crippen LogP contribution in [0.1, 0.15) is 44.9 Å². The van der Waals surface area contributed by atoms with Crippen molar-refractivity contribution in [3.05, 3.63) is 0 Å². The van der Waals surface area contributed by atoms with Gasteiger partial charge in [-0.05, 0) is 50.9 Å². The summed E-state index contributed by atoms with van der Waals surface area (Å²) < 4.78 is 19.8. The average molecular weight is 310 g/mol. The minimum absolute atomic E-state index is 0.0128. The molecule has 1 unspecified atom stereocenters. The van der Waals surface area contributed by atoms with Crippen molar-refractivity contribution in [3.8, 4) is 0 Å². The monoisotopic (exact) mass is 310 g/mol. The lowest BCUT2D eigenvalue weighted by molar-refractivity contribution is -0.144. The third-order valence-corrected chi connectivity index (χ3v) is 5.66. The van der Waals surface area contributed by atoms with Gasteiger partial charge in [-0.1, -0.05) is 0 Å². The largest absolute Gasteiger partial charge is 0.363 e. The smallest absolute Gasteiger partial charge is 0.260 e. The second-order valence-electron chi connectivity index (χ2n) is 7.30. The van der Waals surface area contributed by atoms with E-state index in [9.17, 15) is 14.0 Å². The summed E-state index contributed by atoms with van der Waals surface area (Å²) in [5.41, 5.74) is -1.60. The molecule has 2 aliphatic heterocycles. The molecule has 2 saturated carbocycles. The van der Waals surface area contributed by atoms with Gasteiger partial charge in [0.25, 0.3) is 5.91 Å². The topological polar surface area (TPSA) is 58.6 Å². The van der Waals surface area contributed by atoms with E-state index in [1.165, 1.54) is 6.42 Å². The first kappa shape index (κ1) is 14.4. The van der Waals surface area contributed by atoms with Gasteiger partial charge in [-0.25, -0.2) is 4.39 Å². The van der Waals surface area contributed by atoms with E-state index in [2.05, 4.69) is 5.32 Å². The van der Waals surface area contributed by atoms with Crippen molar-refractivity contribution in [3.63, 3.8) is 0 Å². The Bertz CT molecular complexity index is 490. The van der Waals surface area contributed by atoms with Gasteiger partial charge in [0.05, 0.1) is 6.10 Å². The van der Waals surface area contributed by atoms with Gasteiger partial charge in [0.2, 0.25) is 5.91 Å². The average Bonchev–Trinajstić information content (AvgIpc) is 3.07. The number of nitrogens with zero attached hydrogens (tertiary/aromatic N) is 1. The molecule has 0 bridgehead atoms. The normalized spacial score (nSPS) is 36.4. The number of hydrogen-bond donors (Lipinski definition) is 1. The summed E-state index contributed by atoms with van der Waals surface area (Å²) in [5.74, 6) is -0.0750. The fraction of sp³-hybridized carbons (Fsp3) is 0.875.